The molecule has 2 aliphatic rings. The van der Waals surface area contributed by atoms with E-state index in [9.17, 15) is 0 Å². The van der Waals surface area contributed by atoms with Crippen LogP contribution in [0.4, 0.5) is 0 Å². The van der Waals surface area contributed by atoms with Crippen molar-refractivity contribution in [3.63, 3.8) is 0 Å². The normalized spacial score (nSPS) is 18.0. The molecule has 2 aromatic heterocycles. The zero-order valence-corrected chi connectivity index (χ0v) is 12.7. The smallest absolute Gasteiger partial charge is 0.118 e. The van der Waals surface area contributed by atoms with Gasteiger partial charge in [0.05, 0.1) is 25.1 Å². The van der Waals surface area contributed by atoms with E-state index in [-0.39, 0.29) is 0 Å². The van der Waals surface area contributed by atoms with Crippen LogP contribution < -0.4 is 5.32 Å². The summed E-state index contributed by atoms with van der Waals surface area (Å²) in [5.41, 5.74) is 4.02. The van der Waals surface area contributed by atoms with Crippen molar-refractivity contribution in [2.75, 3.05) is 0 Å². The molecule has 4 heteroatoms. The summed E-state index contributed by atoms with van der Waals surface area (Å²) in [7, 11) is 0. The van der Waals surface area contributed by atoms with Gasteiger partial charge in [0, 0.05) is 17.3 Å². The van der Waals surface area contributed by atoms with Crippen molar-refractivity contribution < 1.29 is 4.42 Å². The number of furan rings is 1. The fraction of sp³-hybridized carbons (Fsp3) is 0.588. The van der Waals surface area contributed by atoms with Crippen molar-refractivity contribution in [1.29, 1.82) is 0 Å². The molecule has 2 aliphatic carbocycles. The van der Waals surface area contributed by atoms with Gasteiger partial charge in [-0.05, 0) is 51.5 Å². The predicted octanol–water partition coefficient (Wildman–Crippen LogP) is 2.96. The SMILES string of the molecule is Cc1oc(CNC2CC2)cc1Cn1cnc2c1CCCC2. The number of aryl methyl sites for hydroxylation is 2. The quantitative estimate of drug-likeness (QED) is 0.918. The number of rotatable bonds is 5. The molecule has 0 unspecified atom stereocenters. The third kappa shape index (κ3) is 2.77. The highest BCUT2D eigenvalue weighted by Crippen LogP contribution is 2.24. The van der Waals surface area contributed by atoms with Gasteiger partial charge in [0.2, 0.25) is 0 Å². The maximum atomic E-state index is 5.89. The fourth-order valence-corrected chi connectivity index (χ4v) is 3.21. The van der Waals surface area contributed by atoms with Crippen molar-refractivity contribution in [2.24, 2.45) is 0 Å². The maximum absolute atomic E-state index is 5.89. The third-order valence-corrected chi connectivity index (χ3v) is 4.66. The molecular formula is C17H23N3O. The van der Waals surface area contributed by atoms with Gasteiger partial charge in [-0.15, -0.1) is 0 Å². The minimum atomic E-state index is 0.722. The highest BCUT2D eigenvalue weighted by Gasteiger charge is 2.21. The van der Waals surface area contributed by atoms with E-state index in [0.717, 1.165) is 37.1 Å². The molecule has 2 aromatic rings. The number of nitrogens with one attached hydrogen (secondary N) is 1. The van der Waals surface area contributed by atoms with Crippen molar-refractivity contribution in [3.05, 3.63) is 40.9 Å². The molecular weight excluding hydrogens is 262 g/mol. The second-order valence-electron chi connectivity index (χ2n) is 6.42. The van der Waals surface area contributed by atoms with Crippen LogP contribution in [0.3, 0.4) is 0 Å². The Morgan fingerprint density at radius 3 is 3.05 bits per heavy atom. The Balaban J connectivity index is 1.49. The van der Waals surface area contributed by atoms with Crippen molar-refractivity contribution in [3.8, 4) is 0 Å². The maximum Gasteiger partial charge on any atom is 0.118 e. The number of fused-ring (bicyclic) bond motifs is 1. The summed E-state index contributed by atoms with van der Waals surface area (Å²) in [6, 6.07) is 2.93. The lowest BCUT2D eigenvalue weighted by Gasteiger charge is -2.13. The summed E-state index contributed by atoms with van der Waals surface area (Å²) in [5, 5.41) is 3.51. The van der Waals surface area contributed by atoms with E-state index in [4.69, 9.17) is 4.42 Å². The molecule has 4 rings (SSSR count). The zero-order chi connectivity index (χ0) is 14.2. The number of aromatic nitrogens is 2. The van der Waals surface area contributed by atoms with E-state index in [2.05, 4.69) is 27.9 Å². The molecule has 1 fully saturated rings. The Hall–Kier alpha value is -1.55. The molecule has 0 bridgehead atoms. The van der Waals surface area contributed by atoms with Crippen LogP contribution in [-0.2, 0) is 25.9 Å². The third-order valence-electron chi connectivity index (χ3n) is 4.66. The molecule has 2 heterocycles. The lowest BCUT2D eigenvalue weighted by Crippen LogP contribution is -2.14. The Labute approximate surface area is 125 Å². The molecule has 0 saturated heterocycles. The second kappa shape index (κ2) is 5.34. The molecule has 1 N–H and O–H groups in total. The lowest BCUT2D eigenvalue weighted by molar-refractivity contribution is 0.458. The standard InChI is InChI=1S/C17H23N3O/c1-12-13(8-15(21-12)9-18-14-6-7-14)10-20-11-19-16-4-2-3-5-17(16)20/h8,11,14,18H,2-7,9-10H2,1H3. The van der Waals surface area contributed by atoms with Crippen LogP contribution in [0.25, 0.3) is 0 Å². The van der Waals surface area contributed by atoms with Gasteiger partial charge in [0.25, 0.3) is 0 Å². The molecule has 112 valence electrons. The average molecular weight is 285 g/mol. The van der Waals surface area contributed by atoms with Gasteiger partial charge in [-0.25, -0.2) is 4.98 Å². The minimum absolute atomic E-state index is 0.722. The summed E-state index contributed by atoms with van der Waals surface area (Å²) in [5.74, 6) is 2.10. The first kappa shape index (κ1) is 13.1. The molecule has 0 spiro atoms. The van der Waals surface area contributed by atoms with Crippen LogP contribution >= 0.6 is 0 Å². The van der Waals surface area contributed by atoms with Gasteiger partial charge in [-0.3, -0.25) is 0 Å². The Morgan fingerprint density at radius 1 is 1.33 bits per heavy atom. The first-order chi connectivity index (χ1) is 10.3. The van der Waals surface area contributed by atoms with Crippen LogP contribution in [0.5, 0.6) is 0 Å². The van der Waals surface area contributed by atoms with Crippen LogP contribution in [0.1, 0.15) is 54.2 Å². The molecule has 21 heavy (non-hydrogen) atoms. The topological polar surface area (TPSA) is 43.0 Å². The van der Waals surface area contributed by atoms with Gasteiger partial charge < -0.3 is 14.3 Å². The van der Waals surface area contributed by atoms with Crippen LogP contribution in [0, 0.1) is 6.92 Å². The number of nitrogens with zero attached hydrogens (tertiary/aromatic N) is 2. The monoisotopic (exact) mass is 285 g/mol. The Morgan fingerprint density at radius 2 is 2.19 bits per heavy atom. The number of imidazole rings is 1. The van der Waals surface area contributed by atoms with Gasteiger partial charge in [-0.1, -0.05) is 0 Å². The van der Waals surface area contributed by atoms with E-state index in [1.165, 1.54) is 49.1 Å². The summed E-state index contributed by atoms with van der Waals surface area (Å²) in [4.78, 5) is 4.58. The first-order valence-electron chi connectivity index (χ1n) is 8.14. The van der Waals surface area contributed by atoms with Gasteiger partial charge >= 0.3 is 0 Å². The Bertz CT molecular complexity index is 637. The van der Waals surface area contributed by atoms with Gasteiger partial charge in [0.1, 0.15) is 11.5 Å². The Kier molecular flexibility index (Phi) is 3.34. The molecule has 0 atom stereocenters. The van der Waals surface area contributed by atoms with Crippen molar-refractivity contribution in [1.82, 2.24) is 14.9 Å². The number of hydrogen-bond acceptors (Lipinski definition) is 3. The predicted molar refractivity (Wildman–Crippen MR) is 81.3 cm³/mol. The molecule has 4 nitrogen and oxygen atoms in total. The second-order valence-corrected chi connectivity index (χ2v) is 6.42. The van der Waals surface area contributed by atoms with Crippen LogP contribution in [0.15, 0.2) is 16.8 Å². The molecule has 0 radical (unpaired) electrons. The van der Waals surface area contributed by atoms with E-state index >= 15 is 0 Å². The summed E-state index contributed by atoms with van der Waals surface area (Å²) in [6.07, 6.45) is 9.52. The van der Waals surface area contributed by atoms with E-state index in [0.29, 0.717) is 0 Å². The zero-order valence-electron chi connectivity index (χ0n) is 12.7. The van der Waals surface area contributed by atoms with E-state index in [1.54, 1.807) is 0 Å². The van der Waals surface area contributed by atoms with Crippen LogP contribution in [-0.4, -0.2) is 15.6 Å². The average Bonchev–Trinajstić information content (AvgIpc) is 3.15. The van der Waals surface area contributed by atoms with E-state index in [1.807, 2.05) is 6.33 Å². The van der Waals surface area contributed by atoms with Gasteiger partial charge in [0.15, 0.2) is 0 Å². The highest BCUT2D eigenvalue weighted by molar-refractivity contribution is 5.24. The lowest BCUT2D eigenvalue weighted by atomic mass is 10.0. The first-order valence-corrected chi connectivity index (χ1v) is 8.14. The van der Waals surface area contributed by atoms with Crippen LogP contribution in [0.2, 0.25) is 0 Å². The molecule has 0 amide bonds. The summed E-state index contributed by atoms with van der Waals surface area (Å²) >= 11 is 0. The van der Waals surface area contributed by atoms with Crippen molar-refractivity contribution in [2.45, 2.75) is 64.6 Å². The van der Waals surface area contributed by atoms with Gasteiger partial charge in [-0.2, -0.15) is 0 Å². The molecule has 1 saturated carbocycles. The van der Waals surface area contributed by atoms with E-state index < -0.39 is 0 Å². The largest absolute Gasteiger partial charge is 0.465 e. The molecule has 0 aromatic carbocycles. The number of hydrogen-bond donors (Lipinski definition) is 1. The van der Waals surface area contributed by atoms with Crippen molar-refractivity contribution >= 4 is 0 Å². The molecule has 0 aliphatic heterocycles. The highest BCUT2D eigenvalue weighted by atomic mass is 16.3. The summed E-state index contributed by atoms with van der Waals surface area (Å²) < 4.78 is 8.20. The summed E-state index contributed by atoms with van der Waals surface area (Å²) in [6.45, 7) is 3.81. The minimum Gasteiger partial charge on any atom is -0.465 e. The fourth-order valence-electron chi connectivity index (χ4n) is 3.21.